The molecule has 0 spiro atoms. The summed E-state index contributed by atoms with van der Waals surface area (Å²) < 4.78 is 73.4. The lowest BCUT2D eigenvalue weighted by molar-refractivity contribution is -0.138. The van der Waals surface area contributed by atoms with E-state index in [-0.39, 0.29) is 13.1 Å². The molecule has 21 heavy (non-hydrogen) atoms. The Morgan fingerprint density at radius 2 is 1.57 bits per heavy atom. The van der Waals surface area contributed by atoms with Crippen molar-refractivity contribution in [3.05, 3.63) is 35.4 Å². The average Bonchev–Trinajstić information content (AvgIpc) is 2.34. The fraction of sp³-hybridized carbons (Fsp3) is 0.538. The van der Waals surface area contributed by atoms with Crippen LogP contribution in [0.4, 0.5) is 26.3 Å². The first kappa shape index (κ1) is 17.8. The Labute approximate surface area is 118 Å². The number of rotatable bonds is 5. The molecule has 0 aliphatic carbocycles. The van der Waals surface area contributed by atoms with Crippen molar-refractivity contribution in [2.45, 2.75) is 24.8 Å². The molecular weight excluding hydrogens is 298 g/mol. The third kappa shape index (κ3) is 6.34. The van der Waals surface area contributed by atoms with E-state index >= 15 is 0 Å². The van der Waals surface area contributed by atoms with E-state index < -0.39 is 30.4 Å². The number of nitrogens with zero attached hydrogens (tertiary/aromatic N) is 1. The van der Waals surface area contributed by atoms with Gasteiger partial charge in [-0.1, -0.05) is 12.1 Å². The van der Waals surface area contributed by atoms with Crippen molar-refractivity contribution in [1.82, 2.24) is 4.90 Å². The SMILES string of the molecule is CN(CCC(F)(F)F)CC(N)c1ccc(C(F)(F)F)cc1. The number of nitrogens with two attached hydrogens (primary N) is 1. The predicted molar refractivity (Wildman–Crippen MR) is 66.5 cm³/mol. The summed E-state index contributed by atoms with van der Waals surface area (Å²) >= 11 is 0. The number of hydrogen-bond acceptors (Lipinski definition) is 2. The molecule has 120 valence electrons. The molecule has 0 amide bonds. The van der Waals surface area contributed by atoms with Crippen LogP contribution < -0.4 is 5.73 Å². The Hall–Kier alpha value is -1.28. The van der Waals surface area contributed by atoms with Crippen LogP contribution in [0.2, 0.25) is 0 Å². The van der Waals surface area contributed by atoms with E-state index in [4.69, 9.17) is 5.73 Å². The molecule has 1 unspecified atom stereocenters. The van der Waals surface area contributed by atoms with Gasteiger partial charge in [-0.2, -0.15) is 26.3 Å². The summed E-state index contributed by atoms with van der Waals surface area (Å²) in [5, 5.41) is 0. The normalized spacial score (nSPS) is 14.5. The lowest BCUT2D eigenvalue weighted by Crippen LogP contribution is -2.31. The van der Waals surface area contributed by atoms with Crippen molar-refractivity contribution >= 4 is 0 Å². The second-order valence-electron chi connectivity index (χ2n) is 4.85. The number of benzene rings is 1. The van der Waals surface area contributed by atoms with Gasteiger partial charge in [-0.3, -0.25) is 0 Å². The molecule has 0 aliphatic rings. The highest BCUT2D eigenvalue weighted by molar-refractivity contribution is 5.26. The van der Waals surface area contributed by atoms with Crippen LogP contribution in [0.1, 0.15) is 23.6 Å². The minimum absolute atomic E-state index is 0.126. The van der Waals surface area contributed by atoms with E-state index in [1.807, 2.05) is 0 Å². The molecular formula is C13H16F6N2. The zero-order valence-electron chi connectivity index (χ0n) is 11.3. The molecule has 1 aromatic rings. The van der Waals surface area contributed by atoms with Gasteiger partial charge in [-0.05, 0) is 24.7 Å². The first-order valence-electron chi connectivity index (χ1n) is 6.17. The van der Waals surface area contributed by atoms with Crippen molar-refractivity contribution in [3.8, 4) is 0 Å². The third-order valence-electron chi connectivity index (χ3n) is 2.95. The van der Waals surface area contributed by atoms with E-state index in [2.05, 4.69) is 0 Å². The Bertz CT molecular complexity index is 437. The predicted octanol–water partition coefficient (Wildman–Crippen LogP) is 3.59. The Balaban J connectivity index is 2.57. The van der Waals surface area contributed by atoms with Gasteiger partial charge >= 0.3 is 12.4 Å². The minimum atomic E-state index is -4.42. The molecule has 1 rings (SSSR count). The molecule has 2 nitrogen and oxygen atoms in total. The van der Waals surface area contributed by atoms with Crippen molar-refractivity contribution < 1.29 is 26.3 Å². The summed E-state index contributed by atoms with van der Waals surface area (Å²) in [6, 6.07) is 3.65. The van der Waals surface area contributed by atoms with Crippen LogP contribution in [0, 0.1) is 0 Å². The van der Waals surface area contributed by atoms with Gasteiger partial charge in [-0.25, -0.2) is 0 Å². The third-order valence-corrected chi connectivity index (χ3v) is 2.95. The van der Waals surface area contributed by atoms with Crippen molar-refractivity contribution in [2.24, 2.45) is 5.73 Å². The van der Waals surface area contributed by atoms with E-state index in [0.29, 0.717) is 5.56 Å². The Kier molecular flexibility index (Phi) is 5.63. The highest BCUT2D eigenvalue weighted by Gasteiger charge is 2.30. The van der Waals surface area contributed by atoms with Crippen LogP contribution in [-0.2, 0) is 6.18 Å². The number of likely N-dealkylation sites (N-methyl/N-ethyl adjacent to an activating group) is 1. The summed E-state index contributed by atoms with van der Waals surface area (Å²) in [6.07, 6.45) is -9.62. The maximum absolute atomic E-state index is 12.4. The van der Waals surface area contributed by atoms with Gasteiger partial charge in [0, 0.05) is 19.1 Å². The average molecular weight is 314 g/mol. The molecule has 0 heterocycles. The van der Waals surface area contributed by atoms with Gasteiger partial charge in [-0.15, -0.1) is 0 Å². The molecule has 2 N–H and O–H groups in total. The fourth-order valence-electron chi connectivity index (χ4n) is 1.77. The first-order valence-corrected chi connectivity index (χ1v) is 6.17. The molecule has 0 saturated carbocycles. The topological polar surface area (TPSA) is 29.3 Å². The molecule has 0 fully saturated rings. The van der Waals surface area contributed by atoms with Crippen LogP contribution in [0.15, 0.2) is 24.3 Å². The molecule has 1 aromatic carbocycles. The lowest BCUT2D eigenvalue weighted by atomic mass is 10.0. The summed E-state index contributed by atoms with van der Waals surface area (Å²) in [6.45, 7) is -0.0840. The Morgan fingerprint density at radius 3 is 2.00 bits per heavy atom. The maximum atomic E-state index is 12.4. The van der Waals surface area contributed by atoms with Crippen LogP contribution in [0.25, 0.3) is 0 Å². The second-order valence-corrected chi connectivity index (χ2v) is 4.85. The fourth-order valence-corrected chi connectivity index (χ4v) is 1.77. The molecule has 0 saturated heterocycles. The standard InChI is InChI=1S/C13H16F6N2/c1-21(7-6-12(14,15)16)8-11(20)9-2-4-10(5-3-9)13(17,18)19/h2-5,11H,6-8,20H2,1H3. The summed E-state index contributed by atoms with van der Waals surface area (Å²) in [5.74, 6) is 0. The smallest absolute Gasteiger partial charge is 0.323 e. The van der Waals surface area contributed by atoms with E-state index in [1.165, 1.54) is 24.1 Å². The van der Waals surface area contributed by atoms with E-state index in [1.54, 1.807) is 0 Å². The monoisotopic (exact) mass is 314 g/mol. The van der Waals surface area contributed by atoms with Gasteiger partial charge in [0.05, 0.1) is 12.0 Å². The van der Waals surface area contributed by atoms with Gasteiger partial charge in [0.1, 0.15) is 0 Å². The van der Waals surface area contributed by atoms with E-state index in [0.717, 1.165) is 12.1 Å². The van der Waals surface area contributed by atoms with Crippen molar-refractivity contribution in [3.63, 3.8) is 0 Å². The summed E-state index contributed by atoms with van der Waals surface area (Å²) in [7, 11) is 1.48. The second kappa shape index (κ2) is 6.65. The summed E-state index contributed by atoms with van der Waals surface area (Å²) in [5.41, 5.74) is 5.45. The van der Waals surface area contributed by atoms with Gasteiger partial charge in [0.2, 0.25) is 0 Å². The lowest BCUT2D eigenvalue weighted by Gasteiger charge is -2.22. The van der Waals surface area contributed by atoms with Gasteiger partial charge in [0.25, 0.3) is 0 Å². The number of halogens is 6. The molecule has 0 aliphatic heterocycles. The van der Waals surface area contributed by atoms with Gasteiger partial charge < -0.3 is 10.6 Å². The van der Waals surface area contributed by atoms with Crippen LogP contribution in [0.5, 0.6) is 0 Å². The Morgan fingerprint density at radius 1 is 1.05 bits per heavy atom. The number of alkyl halides is 6. The first-order chi connectivity index (χ1) is 9.49. The molecule has 0 radical (unpaired) electrons. The van der Waals surface area contributed by atoms with Crippen molar-refractivity contribution in [2.75, 3.05) is 20.1 Å². The van der Waals surface area contributed by atoms with Crippen LogP contribution in [-0.4, -0.2) is 31.2 Å². The zero-order chi connectivity index (χ0) is 16.3. The van der Waals surface area contributed by atoms with Crippen molar-refractivity contribution in [1.29, 1.82) is 0 Å². The van der Waals surface area contributed by atoms with E-state index in [9.17, 15) is 26.3 Å². The highest BCUT2D eigenvalue weighted by atomic mass is 19.4. The highest BCUT2D eigenvalue weighted by Crippen LogP contribution is 2.29. The maximum Gasteiger partial charge on any atom is 0.416 e. The largest absolute Gasteiger partial charge is 0.416 e. The molecule has 8 heteroatoms. The van der Waals surface area contributed by atoms with Gasteiger partial charge in [0.15, 0.2) is 0 Å². The minimum Gasteiger partial charge on any atom is -0.323 e. The summed E-state index contributed by atoms with van der Waals surface area (Å²) in [4.78, 5) is 1.40. The van der Waals surface area contributed by atoms with Crippen LogP contribution in [0.3, 0.4) is 0 Å². The molecule has 0 bridgehead atoms. The molecule has 1 atom stereocenters. The van der Waals surface area contributed by atoms with Crippen LogP contribution >= 0.6 is 0 Å². The quantitative estimate of drug-likeness (QED) is 0.842. The number of hydrogen-bond donors (Lipinski definition) is 1. The molecule has 0 aromatic heterocycles. The zero-order valence-corrected chi connectivity index (χ0v) is 11.3.